The van der Waals surface area contributed by atoms with Crippen LogP contribution in [0.3, 0.4) is 0 Å². The van der Waals surface area contributed by atoms with Crippen LogP contribution in [0.25, 0.3) is 33.6 Å². The molecule has 0 atom stereocenters. The minimum atomic E-state index is -0.419. The van der Waals surface area contributed by atoms with E-state index in [0.29, 0.717) is 29.0 Å². The minimum absolute atomic E-state index is 0.193. The summed E-state index contributed by atoms with van der Waals surface area (Å²) in [6.07, 6.45) is 0. The Labute approximate surface area is 196 Å². The molecular formula is C26H23N5O3. The van der Waals surface area contributed by atoms with E-state index in [-0.39, 0.29) is 5.41 Å². The van der Waals surface area contributed by atoms with Gasteiger partial charge in [0.1, 0.15) is 5.76 Å². The molecule has 0 aliphatic rings. The fourth-order valence-corrected chi connectivity index (χ4v) is 3.53. The van der Waals surface area contributed by atoms with Crippen LogP contribution in [0.1, 0.15) is 26.5 Å². The molecule has 2 heterocycles. The number of rotatable bonds is 4. The highest BCUT2D eigenvalue weighted by Gasteiger charge is 2.20. The Bertz CT molecular complexity index is 1460. The van der Waals surface area contributed by atoms with E-state index in [1.165, 1.54) is 0 Å². The molecule has 0 unspecified atom stereocenters. The first kappa shape index (κ1) is 21.4. The molecule has 5 rings (SSSR count). The van der Waals surface area contributed by atoms with Crippen LogP contribution in [0.15, 0.2) is 81.8 Å². The number of nitrogens with zero attached hydrogens (tertiary/aromatic N) is 3. The average Bonchev–Trinajstić information content (AvgIpc) is 3.49. The second kappa shape index (κ2) is 8.47. The van der Waals surface area contributed by atoms with Crippen molar-refractivity contribution in [1.29, 1.82) is 0 Å². The van der Waals surface area contributed by atoms with Crippen molar-refractivity contribution in [2.75, 3.05) is 10.6 Å². The number of aromatic nitrogens is 3. The van der Waals surface area contributed by atoms with E-state index in [1.807, 2.05) is 75.4 Å². The fraction of sp³-hybridized carbons (Fsp3) is 0.154. The fourth-order valence-electron chi connectivity index (χ4n) is 3.53. The molecule has 170 valence electrons. The second-order valence-corrected chi connectivity index (χ2v) is 8.93. The molecule has 0 saturated carbocycles. The summed E-state index contributed by atoms with van der Waals surface area (Å²) in [6.45, 7) is 6.02. The summed E-state index contributed by atoms with van der Waals surface area (Å²) in [6, 6.07) is 22.5. The first-order chi connectivity index (χ1) is 16.4. The number of fused-ring (bicyclic) bond motifs is 1. The molecule has 0 bridgehead atoms. The average molecular weight is 454 g/mol. The highest BCUT2D eigenvalue weighted by molar-refractivity contribution is 5.99. The Morgan fingerprint density at radius 1 is 0.853 bits per heavy atom. The lowest BCUT2D eigenvalue weighted by atomic mass is 9.93. The maximum Gasteiger partial charge on any atom is 0.324 e. The molecule has 0 aliphatic heterocycles. The zero-order chi connectivity index (χ0) is 23.7. The van der Waals surface area contributed by atoms with E-state index in [4.69, 9.17) is 9.05 Å². The van der Waals surface area contributed by atoms with Gasteiger partial charge in [0.2, 0.25) is 5.82 Å². The van der Waals surface area contributed by atoms with Crippen molar-refractivity contribution in [2.45, 2.75) is 26.2 Å². The van der Waals surface area contributed by atoms with Crippen molar-refractivity contribution in [2.24, 2.45) is 0 Å². The summed E-state index contributed by atoms with van der Waals surface area (Å²) >= 11 is 0. The van der Waals surface area contributed by atoms with Gasteiger partial charge >= 0.3 is 6.03 Å². The monoisotopic (exact) mass is 453 g/mol. The van der Waals surface area contributed by atoms with E-state index in [1.54, 1.807) is 18.2 Å². The molecule has 34 heavy (non-hydrogen) atoms. The van der Waals surface area contributed by atoms with Gasteiger partial charge in [-0.3, -0.25) is 5.32 Å². The van der Waals surface area contributed by atoms with Gasteiger partial charge in [0.15, 0.2) is 5.82 Å². The van der Waals surface area contributed by atoms with Crippen LogP contribution in [-0.2, 0) is 5.41 Å². The quantitative estimate of drug-likeness (QED) is 0.322. The maximum atomic E-state index is 12.3. The van der Waals surface area contributed by atoms with Crippen molar-refractivity contribution >= 4 is 28.3 Å². The summed E-state index contributed by atoms with van der Waals surface area (Å²) in [5.74, 6) is 1.97. The number of hydrogen-bond acceptors (Lipinski definition) is 6. The molecule has 0 aliphatic carbocycles. The van der Waals surface area contributed by atoms with Gasteiger partial charge in [0, 0.05) is 28.3 Å². The number of hydrogen-bond donors (Lipinski definition) is 2. The Balaban J connectivity index is 1.28. The Morgan fingerprint density at radius 3 is 2.38 bits per heavy atom. The zero-order valence-electron chi connectivity index (χ0n) is 19.0. The predicted octanol–water partition coefficient (Wildman–Crippen LogP) is 6.49. The van der Waals surface area contributed by atoms with E-state index in [2.05, 4.69) is 25.9 Å². The van der Waals surface area contributed by atoms with Crippen molar-refractivity contribution < 1.29 is 13.8 Å². The van der Waals surface area contributed by atoms with Crippen molar-refractivity contribution in [3.8, 4) is 22.8 Å². The normalized spacial score (nSPS) is 11.5. The maximum absolute atomic E-state index is 12.3. The lowest BCUT2D eigenvalue weighted by Gasteiger charge is -2.12. The SMILES string of the molecule is CC(C)(C)c1cc(NC(=O)Nc2ccc(-c3nc(-c4cccc5ccccc45)no3)cc2)no1. The van der Waals surface area contributed by atoms with E-state index < -0.39 is 6.03 Å². The minimum Gasteiger partial charge on any atom is -0.359 e. The summed E-state index contributed by atoms with van der Waals surface area (Å²) < 4.78 is 10.8. The first-order valence-electron chi connectivity index (χ1n) is 10.8. The van der Waals surface area contributed by atoms with E-state index >= 15 is 0 Å². The van der Waals surface area contributed by atoms with Gasteiger partial charge in [-0.2, -0.15) is 4.98 Å². The third-order valence-corrected chi connectivity index (χ3v) is 5.34. The number of urea groups is 1. The Morgan fingerprint density at radius 2 is 1.62 bits per heavy atom. The number of amides is 2. The molecule has 2 aromatic heterocycles. The lowest BCUT2D eigenvalue weighted by molar-refractivity contribution is 0.262. The molecule has 2 N–H and O–H groups in total. The van der Waals surface area contributed by atoms with Gasteiger partial charge in [0.05, 0.1) is 0 Å². The number of carbonyl (C=O) groups is 1. The molecule has 0 saturated heterocycles. The molecule has 0 fully saturated rings. The number of carbonyl (C=O) groups excluding carboxylic acids is 1. The number of anilines is 2. The smallest absolute Gasteiger partial charge is 0.324 e. The van der Waals surface area contributed by atoms with Crippen molar-refractivity contribution in [3.05, 3.63) is 78.6 Å². The van der Waals surface area contributed by atoms with Crippen LogP contribution < -0.4 is 10.6 Å². The first-order valence-corrected chi connectivity index (χ1v) is 10.8. The number of benzene rings is 3. The Hall–Kier alpha value is -4.46. The van der Waals surface area contributed by atoms with E-state index in [0.717, 1.165) is 21.9 Å². The largest absolute Gasteiger partial charge is 0.359 e. The predicted molar refractivity (Wildman–Crippen MR) is 131 cm³/mol. The Kier molecular flexibility index (Phi) is 5.33. The number of nitrogens with one attached hydrogen (secondary N) is 2. The molecule has 8 heteroatoms. The van der Waals surface area contributed by atoms with Crippen molar-refractivity contribution in [1.82, 2.24) is 15.3 Å². The summed E-state index contributed by atoms with van der Waals surface area (Å²) in [7, 11) is 0. The molecule has 0 spiro atoms. The van der Waals surface area contributed by atoms with Crippen LogP contribution in [0.4, 0.5) is 16.3 Å². The molecular weight excluding hydrogens is 430 g/mol. The van der Waals surface area contributed by atoms with Crippen LogP contribution in [0, 0.1) is 0 Å². The molecule has 0 radical (unpaired) electrons. The van der Waals surface area contributed by atoms with Gasteiger partial charge in [-0.1, -0.05) is 73.5 Å². The highest BCUT2D eigenvalue weighted by atomic mass is 16.5. The van der Waals surface area contributed by atoms with Crippen LogP contribution in [-0.4, -0.2) is 21.3 Å². The van der Waals surface area contributed by atoms with Gasteiger partial charge in [0.25, 0.3) is 5.89 Å². The van der Waals surface area contributed by atoms with E-state index in [9.17, 15) is 4.79 Å². The third kappa shape index (κ3) is 4.38. The van der Waals surface area contributed by atoms with Crippen molar-refractivity contribution in [3.63, 3.8) is 0 Å². The molecule has 5 aromatic rings. The standard InChI is InChI=1S/C26H23N5O3/c1-26(2,3)21-15-22(30-33-21)28-25(32)27-18-13-11-17(12-14-18)24-29-23(31-34-24)20-10-6-8-16-7-4-5-9-19(16)20/h4-15H,1-3H3,(H2,27,28,30,32). The van der Waals surface area contributed by atoms with Gasteiger partial charge < -0.3 is 14.4 Å². The molecule has 2 amide bonds. The third-order valence-electron chi connectivity index (χ3n) is 5.34. The lowest BCUT2D eigenvalue weighted by Crippen LogP contribution is -2.19. The second-order valence-electron chi connectivity index (χ2n) is 8.93. The summed E-state index contributed by atoms with van der Waals surface area (Å²) in [5.41, 5.74) is 2.07. The molecule has 8 nitrogen and oxygen atoms in total. The van der Waals surface area contributed by atoms with Gasteiger partial charge in [-0.15, -0.1) is 0 Å². The van der Waals surface area contributed by atoms with Crippen LogP contribution in [0.5, 0.6) is 0 Å². The van der Waals surface area contributed by atoms with Crippen LogP contribution >= 0.6 is 0 Å². The van der Waals surface area contributed by atoms with Gasteiger partial charge in [-0.25, -0.2) is 4.79 Å². The zero-order valence-corrected chi connectivity index (χ0v) is 19.0. The molecule has 3 aromatic carbocycles. The highest BCUT2D eigenvalue weighted by Crippen LogP contribution is 2.29. The topological polar surface area (TPSA) is 106 Å². The summed E-state index contributed by atoms with van der Waals surface area (Å²) in [4.78, 5) is 16.9. The van der Waals surface area contributed by atoms with Crippen LogP contribution in [0.2, 0.25) is 0 Å². The summed E-state index contributed by atoms with van der Waals surface area (Å²) in [5, 5.41) is 15.7. The van der Waals surface area contributed by atoms with Gasteiger partial charge in [-0.05, 0) is 35.0 Å².